The quantitative estimate of drug-likeness (QED) is 0.813. The average molecular weight is 263 g/mol. The summed E-state index contributed by atoms with van der Waals surface area (Å²) in [7, 11) is 4.26. The summed E-state index contributed by atoms with van der Waals surface area (Å²) in [6, 6.07) is 3.47. The first-order valence-corrected chi connectivity index (χ1v) is 5.23. The first-order chi connectivity index (χ1) is 9.08. The van der Waals surface area contributed by atoms with E-state index in [9.17, 15) is 10.1 Å². The van der Waals surface area contributed by atoms with Gasteiger partial charge in [-0.05, 0) is 12.1 Å². The summed E-state index contributed by atoms with van der Waals surface area (Å²) in [6.07, 6.45) is 2.23. The minimum absolute atomic E-state index is 0.178. The Labute approximate surface area is 110 Å². The monoisotopic (exact) mass is 263 g/mol. The van der Waals surface area contributed by atoms with Gasteiger partial charge in [-0.15, -0.1) is 0 Å². The molecule has 1 rings (SSSR count). The van der Waals surface area contributed by atoms with Crippen LogP contribution in [0, 0.1) is 11.3 Å². The first kappa shape index (κ1) is 14.4. The van der Waals surface area contributed by atoms with Gasteiger partial charge in [-0.2, -0.15) is 5.26 Å². The minimum atomic E-state index is -1.11. The molecule has 0 unspecified atom stereocenters. The number of carbonyl (C=O) groups is 1. The molecular weight excluding hydrogens is 250 g/mol. The van der Waals surface area contributed by atoms with Crippen molar-refractivity contribution in [2.75, 3.05) is 21.3 Å². The molecule has 6 nitrogen and oxygen atoms in total. The summed E-state index contributed by atoms with van der Waals surface area (Å²) in [5.74, 6) is -0.274. The standard InChI is InChI=1S/C13H13NO5/c1-17-10-6-8(4-5-11(15)16)9(7-14)12(18-2)13(10)19-3/h4-6H,1-3H3,(H,15,16). The van der Waals surface area contributed by atoms with Gasteiger partial charge in [0.15, 0.2) is 11.5 Å². The van der Waals surface area contributed by atoms with E-state index in [0.29, 0.717) is 11.3 Å². The van der Waals surface area contributed by atoms with E-state index < -0.39 is 5.97 Å². The number of aliphatic carboxylic acids is 1. The van der Waals surface area contributed by atoms with Crippen molar-refractivity contribution < 1.29 is 24.1 Å². The fraction of sp³-hybridized carbons (Fsp3) is 0.231. The molecule has 19 heavy (non-hydrogen) atoms. The highest BCUT2D eigenvalue weighted by molar-refractivity contribution is 5.86. The molecule has 0 aliphatic carbocycles. The van der Waals surface area contributed by atoms with E-state index in [1.54, 1.807) is 0 Å². The molecule has 0 aliphatic rings. The number of hydrogen-bond donors (Lipinski definition) is 1. The fourth-order valence-electron chi connectivity index (χ4n) is 1.58. The number of hydrogen-bond acceptors (Lipinski definition) is 5. The fourth-order valence-corrected chi connectivity index (χ4v) is 1.58. The van der Waals surface area contributed by atoms with Gasteiger partial charge < -0.3 is 19.3 Å². The number of benzene rings is 1. The summed E-state index contributed by atoms with van der Waals surface area (Å²) in [5, 5.41) is 17.8. The van der Waals surface area contributed by atoms with Crippen molar-refractivity contribution in [2.45, 2.75) is 0 Å². The Morgan fingerprint density at radius 2 is 1.89 bits per heavy atom. The third-order valence-corrected chi connectivity index (χ3v) is 2.38. The highest BCUT2D eigenvalue weighted by atomic mass is 16.5. The zero-order valence-electron chi connectivity index (χ0n) is 10.8. The van der Waals surface area contributed by atoms with E-state index in [4.69, 9.17) is 19.3 Å². The molecule has 0 heterocycles. The van der Waals surface area contributed by atoms with Crippen LogP contribution >= 0.6 is 0 Å². The molecule has 0 aliphatic heterocycles. The van der Waals surface area contributed by atoms with Crippen molar-refractivity contribution in [1.29, 1.82) is 5.26 Å². The van der Waals surface area contributed by atoms with Gasteiger partial charge in [-0.1, -0.05) is 0 Å². The summed E-state index contributed by atoms with van der Waals surface area (Å²) >= 11 is 0. The number of carboxylic acids is 1. The molecular formula is C13H13NO5. The van der Waals surface area contributed by atoms with Crippen LogP contribution in [0.1, 0.15) is 11.1 Å². The molecule has 0 saturated carbocycles. The Hall–Kier alpha value is -2.68. The lowest BCUT2D eigenvalue weighted by Gasteiger charge is -2.14. The van der Waals surface area contributed by atoms with Gasteiger partial charge in [0, 0.05) is 11.6 Å². The zero-order valence-corrected chi connectivity index (χ0v) is 10.8. The van der Waals surface area contributed by atoms with Crippen LogP contribution in [0.5, 0.6) is 17.2 Å². The predicted octanol–water partition coefficient (Wildman–Crippen LogP) is 1.68. The van der Waals surface area contributed by atoms with Crippen LogP contribution < -0.4 is 14.2 Å². The smallest absolute Gasteiger partial charge is 0.328 e. The molecule has 100 valence electrons. The van der Waals surface area contributed by atoms with Crippen LogP contribution in [0.15, 0.2) is 12.1 Å². The SMILES string of the molecule is COc1cc(C=CC(=O)O)c(C#N)c(OC)c1OC. The molecule has 0 saturated heterocycles. The Morgan fingerprint density at radius 3 is 2.32 bits per heavy atom. The third kappa shape index (κ3) is 2.96. The van der Waals surface area contributed by atoms with E-state index in [-0.39, 0.29) is 17.1 Å². The molecule has 0 spiro atoms. The molecule has 0 atom stereocenters. The second-order valence-corrected chi connectivity index (χ2v) is 3.39. The van der Waals surface area contributed by atoms with Gasteiger partial charge in [-0.3, -0.25) is 0 Å². The second kappa shape index (κ2) is 6.31. The van der Waals surface area contributed by atoms with E-state index in [0.717, 1.165) is 6.08 Å². The van der Waals surface area contributed by atoms with Gasteiger partial charge in [0.2, 0.25) is 5.75 Å². The number of nitriles is 1. The second-order valence-electron chi connectivity index (χ2n) is 3.39. The maximum atomic E-state index is 10.5. The Morgan fingerprint density at radius 1 is 1.26 bits per heavy atom. The zero-order chi connectivity index (χ0) is 14.4. The van der Waals surface area contributed by atoms with Gasteiger partial charge in [0.05, 0.1) is 21.3 Å². The van der Waals surface area contributed by atoms with E-state index in [1.165, 1.54) is 33.5 Å². The normalized spacial score (nSPS) is 10.0. The molecule has 0 bridgehead atoms. The first-order valence-electron chi connectivity index (χ1n) is 5.23. The summed E-state index contributed by atoms with van der Waals surface area (Å²) < 4.78 is 15.4. The molecule has 1 N–H and O–H groups in total. The summed E-state index contributed by atoms with van der Waals surface area (Å²) in [6.45, 7) is 0. The maximum absolute atomic E-state index is 10.5. The number of carboxylic acid groups (broad SMARTS) is 1. The van der Waals surface area contributed by atoms with Crippen LogP contribution in [-0.4, -0.2) is 32.4 Å². The number of nitrogens with zero attached hydrogens (tertiary/aromatic N) is 1. The van der Waals surface area contributed by atoms with Crippen molar-refractivity contribution in [3.05, 3.63) is 23.3 Å². The molecule has 6 heteroatoms. The number of methoxy groups -OCH3 is 3. The van der Waals surface area contributed by atoms with E-state index in [1.807, 2.05) is 6.07 Å². The molecule has 1 aromatic rings. The van der Waals surface area contributed by atoms with Gasteiger partial charge in [-0.25, -0.2) is 4.79 Å². The van der Waals surface area contributed by atoms with Crippen LogP contribution in [0.25, 0.3) is 6.08 Å². The van der Waals surface area contributed by atoms with Crippen molar-refractivity contribution in [3.63, 3.8) is 0 Å². The molecule has 0 amide bonds. The topological polar surface area (TPSA) is 88.8 Å². The predicted molar refractivity (Wildman–Crippen MR) is 67.5 cm³/mol. The lowest BCUT2D eigenvalue weighted by molar-refractivity contribution is -0.131. The van der Waals surface area contributed by atoms with Crippen molar-refractivity contribution in [3.8, 4) is 23.3 Å². The average Bonchev–Trinajstić information content (AvgIpc) is 2.42. The van der Waals surface area contributed by atoms with E-state index in [2.05, 4.69) is 0 Å². The van der Waals surface area contributed by atoms with Crippen LogP contribution in [0.3, 0.4) is 0 Å². The third-order valence-electron chi connectivity index (χ3n) is 2.38. The highest BCUT2D eigenvalue weighted by Crippen LogP contribution is 2.41. The lowest BCUT2D eigenvalue weighted by Crippen LogP contribution is -1.99. The maximum Gasteiger partial charge on any atom is 0.328 e. The largest absolute Gasteiger partial charge is 0.493 e. The molecule has 0 aromatic heterocycles. The minimum Gasteiger partial charge on any atom is -0.493 e. The van der Waals surface area contributed by atoms with Gasteiger partial charge in [0.25, 0.3) is 0 Å². The number of rotatable bonds is 5. The summed E-state index contributed by atoms with van der Waals surface area (Å²) in [4.78, 5) is 10.5. The van der Waals surface area contributed by atoms with E-state index >= 15 is 0 Å². The number of ether oxygens (including phenoxy) is 3. The van der Waals surface area contributed by atoms with Gasteiger partial charge in [0.1, 0.15) is 11.6 Å². The Bertz CT molecular complexity index is 557. The van der Waals surface area contributed by atoms with Gasteiger partial charge >= 0.3 is 5.97 Å². The molecule has 0 radical (unpaired) electrons. The Balaban J connectivity index is 3.56. The van der Waals surface area contributed by atoms with Crippen molar-refractivity contribution >= 4 is 12.0 Å². The molecule has 1 aromatic carbocycles. The van der Waals surface area contributed by atoms with Crippen LogP contribution in [0.4, 0.5) is 0 Å². The lowest BCUT2D eigenvalue weighted by atomic mass is 10.0. The molecule has 0 fully saturated rings. The summed E-state index contributed by atoms with van der Waals surface area (Å²) in [5.41, 5.74) is 0.553. The Kier molecular flexibility index (Phi) is 4.77. The highest BCUT2D eigenvalue weighted by Gasteiger charge is 2.19. The van der Waals surface area contributed by atoms with Crippen LogP contribution in [-0.2, 0) is 4.79 Å². The van der Waals surface area contributed by atoms with Crippen LogP contribution in [0.2, 0.25) is 0 Å². The van der Waals surface area contributed by atoms with Crippen molar-refractivity contribution in [1.82, 2.24) is 0 Å². The van der Waals surface area contributed by atoms with Crippen molar-refractivity contribution in [2.24, 2.45) is 0 Å².